The van der Waals surface area contributed by atoms with Crippen LogP contribution >= 0.6 is 11.6 Å². The maximum atomic E-state index is 12.9. The van der Waals surface area contributed by atoms with E-state index in [9.17, 15) is 14.0 Å². The van der Waals surface area contributed by atoms with E-state index in [0.717, 1.165) is 6.07 Å². The molecule has 0 aliphatic heterocycles. The Labute approximate surface area is 131 Å². The van der Waals surface area contributed by atoms with Crippen molar-refractivity contribution < 1.29 is 14.0 Å². The molecule has 0 aliphatic carbocycles. The molecule has 0 aliphatic rings. The molecular weight excluding hydrogens is 309 g/mol. The molecule has 0 spiro atoms. The summed E-state index contributed by atoms with van der Waals surface area (Å²) in [5.74, 6) is -1.48. The highest BCUT2D eigenvalue weighted by Gasteiger charge is 2.10. The molecule has 0 unspecified atom stereocenters. The van der Waals surface area contributed by atoms with E-state index in [1.165, 1.54) is 12.1 Å². The maximum Gasteiger partial charge on any atom is 0.250 e. The van der Waals surface area contributed by atoms with Crippen LogP contribution < -0.4 is 16.4 Å². The van der Waals surface area contributed by atoms with Crippen molar-refractivity contribution in [3.63, 3.8) is 0 Å². The van der Waals surface area contributed by atoms with Crippen LogP contribution in [-0.2, 0) is 4.79 Å². The number of rotatable bonds is 5. The van der Waals surface area contributed by atoms with Crippen LogP contribution in [0, 0.1) is 5.82 Å². The van der Waals surface area contributed by atoms with E-state index in [-0.39, 0.29) is 17.1 Å². The zero-order valence-electron chi connectivity index (χ0n) is 11.4. The molecule has 0 heterocycles. The summed E-state index contributed by atoms with van der Waals surface area (Å²) in [6.07, 6.45) is 0. The summed E-state index contributed by atoms with van der Waals surface area (Å²) >= 11 is 5.82. The monoisotopic (exact) mass is 321 g/mol. The van der Waals surface area contributed by atoms with Crippen molar-refractivity contribution in [3.05, 3.63) is 58.9 Å². The Morgan fingerprint density at radius 3 is 2.55 bits per heavy atom. The molecular formula is C15H13ClFN3O2. The molecule has 0 fully saturated rings. The van der Waals surface area contributed by atoms with Gasteiger partial charge in [0.05, 0.1) is 22.8 Å². The first kappa shape index (κ1) is 15.8. The minimum absolute atomic E-state index is 0.0992. The lowest BCUT2D eigenvalue weighted by Crippen LogP contribution is -2.23. The number of nitrogens with two attached hydrogens (primary N) is 1. The van der Waals surface area contributed by atoms with E-state index in [0.29, 0.717) is 11.4 Å². The number of carbonyl (C=O) groups excluding carboxylic acids is 2. The van der Waals surface area contributed by atoms with Crippen LogP contribution in [0.1, 0.15) is 10.4 Å². The fourth-order valence-electron chi connectivity index (χ4n) is 1.81. The summed E-state index contributed by atoms with van der Waals surface area (Å²) in [5, 5.41) is 5.46. The summed E-state index contributed by atoms with van der Waals surface area (Å²) in [7, 11) is 0. The highest BCUT2D eigenvalue weighted by molar-refractivity contribution is 6.33. The SMILES string of the molecule is NC(=O)c1ccccc1NCC(=O)Nc1ccc(F)cc1Cl. The molecule has 0 atom stereocenters. The van der Waals surface area contributed by atoms with Crippen molar-refractivity contribution in [2.45, 2.75) is 0 Å². The Morgan fingerprint density at radius 2 is 1.86 bits per heavy atom. The Kier molecular flexibility index (Phi) is 4.95. The second-order valence-electron chi connectivity index (χ2n) is 4.44. The quantitative estimate of drug-likeness (QED) is 0.791. The molecule has 0 bridgehead atoms. The van der Waals surface area contributed by atoms with Crippen molar-refractivity contribution in [1.29, 1.82) is 0 Å². The van der Waals surface area contributed by atoms with E-state index in [4.69, 9.17) is 17.3 Å². The third-order valence-corrected chi connectivity index (χ3v) is 3.15. The predicted octanol–water partition coefficient (Wildman–Crippen LogP) is 2.63. The van der Waals surface area contributed by atoms with E-state index < -0.39 is 17.6 Å². The highest BCUT2D eigenvalue weighted by Crippen LogP contribution is 2.22. The molecule has 4 N–H and O–H groups in total. The predicted molar refractivity (Wildman–Crippen MR) is 83.5 cm³/mol. The summed E-state index contributed by atoms with van der Waals surface area (Å²) in [4.78, 5) is 23.1. The summed E-state index contributed by atoms with van der Waals surface area (Å²) < 4.78 is 12.9. The van der Waals surface area contributed by atoms with E-state index in [1.54, 1.807) is 24.3 Å². The molecule has 114 valence electrons. The van der Waals surface area contributed by atoms with Crippen LogP contribution in [-0.4, -0.2) is 18.4 Å². The Morgan fingerprint density at radius 1 is 1.14 bits per heavy atom. The molecule has 2 amide bonds. The van der Waals surface area contributed by atoms with Gasteiger partial charge >= 0.3 is 0 Å². The summed E-state index contributed by atoms with van der Waals surface area (Å²) in [6.45, 7) is -0.0992. The van der Waals surface area contributed by atoms with Crippen molar-refractivity contribution in [2.75, 3.05) is 17.2 Å². The van der Waals surface area contributed by atoms with Crippen molar-refractivity contribution in [3.8, 4) is 0 Å². The van der Waals surface area contributed by atoms with E-state index in [1.807, 2.05) is 0 Å². The normalized spacial score (nSPS) is 10.1. The number of hydrogen-bond acceptors (Lipinski definition) is 3. The van der Waals surface area contributed by atoms with Gasteiger partial charge in [0, 0.05) is 5.69 Å². The number of carbonyl (C=O) groups is 2. The van der Waals surface area contributed by atoms with Gasteiger partial charge in [-0.1, -0.05) is 23.7 Å². The topological polar surface area (TPSA) is 84.2 Å². The molecule has 0 aromatic heterocycles. The van der Waals surface area contributed by atoms with Crippen molar-refractivity contribution >= 4 is 34.8 Å². The lowest BCUT2D eigenvalue weighted by molar-refractivity contribution is -0.114. The molecule has 2 rings (SSSR count). The van der Waals surface area contributed by atoms with Crippen LogP contribution in [0.15, 0.2) is 42.5 Å². The van der Waals surface area contributed by atoms with Crippen LogP contribution in [0.3, 0.4) is 0 Å². The number of para-hydroxylation sites is 1. The van der Waals surface area contributed by atoms with E-state index >= 15 is 0 Å². The first-order valence-electron chi connectivity index (χ1n) is 6.35. The standard InChI is InChI=1S/C15H13ClFN3O2/c16-11-7-9(17)5-6-13(11)20-14(21)8-19-12-4-2-1-3-10(12)15(18)22/h1-7,19H,8H2,(H2,18,22)(H,20,21). The molecule has 0 saturated heterocycles. The Balaban J connectivity index is 2.00. The molecule has 7 heteroatoms. The number of anilines is 2. The number of amides is 2. The van der Waals surface area contributed by atoms with Crippen LogP contribution in [0.2, 0.25) is 5.02 Å². The van der Waals surface area contributed by atoms with Crippen LogP contribution in [0.25, 0.3) is 0 Å². The highest BCUT2D eigenvalue weighted by atomic mass is 35.5. The third kappa shape index (κ3) is 3.95. The number of benzene rings is 2. The van der Waals surface area contributed by atoms with Gasteiger partial charge in [0.25, 0.3) is 5.91 Å². The molecule has 2 aromatic rings. The largest absolute Gasteiger partial charge is 0.376 e. The maximum absolute atomic E-state index is 12.9. The van der Waals surface area contributed by atoms with Gasteiger partial charge in [-0.2, -0.15) is 0 Å². The lowest BCUT2D eigenvalue weighted by Gasteiger charge is -2.11. The lowest BCUT2D eigenvalue weighted by atomic mass is 10.1. The average molecular weight is 322 g/mol. The number of primary amides is 1. The molecule has 2 aromatic carbocycles. The van der Waals surface area contributed by atoms with Gasteiger partial charge in [-0.25, -0.2) is 4.39 Å². The third-order valence-electron chi connectivity index (χ3n) is 2.84. The molecule has 5 nitrogen and oxygen atoms in total. The fourth-order valence-corrected chi connectivity index (χ4v) is 2.03. The van der Waals surface area contributed by atoms with Gasteiger partial charge in [-0.15, -0.1) is 0 Å². The molecule has 22 heavy (non-hydrogen) atoms. The number of hydrogen-bond donors (Lipinski definition) is 3. The summed E-state index contributed by atoms with van der Waals surface area (Å²) in [6, 6.07) is 10.2. The van der Waals surface area contributed by atoms with E-state index in [2.05, 4.69) is 10.6 Å². The minimum atomic E-state index is -0.593. The second-order valence-corrected chi connectivity index (χ2v) is 4.84. The zero-order chi connectivity index (χ0) is 16.1. The van der Waals surface area contributed by atoms with Crippen LogP contribution in [0.4, 0.5) is 15.8 Å². The Bertz CT molecular complexity index is 722. The van der Waals surface area contributed by atoms with Gasteiger partial charge in [0.15, 0.2) is 0 Å². The van der Waals surface area contributed by atoms with Crippen LogP contribution in [0.5, 0.6) is 0 Å². The minimum Gasteiger partial charge on any atom is -0.376 e. The summed E-state index contributed by atoms with van der Waals surface area (Å²) in [5.41, 5.74) is 6.29. The van der Waals surface area contributed by atoms with Gasteiger partial charge in [0.1, 0.15) is 5.82 Å². The second kappa shape index (κ2) is 6.91. The van der Waals surface area contributed by atoms with Gasteiger partial charge in [0.2, 0.25) is 5.91 Å². The molecule has 0 saturated carbocycles. The first-order chi connectivity index (χ1) is 10.5. The fraction of sp³-hybridized carbons (Fsp3) is 0.0667. The van der Waals surface area contributed by atoms with Crippen molar-refractivity contribution in [2.24, 2.45) is 5.73 Å². The van der Waals surface area contributed by atoms with Gasteiger partial charge in [-0.05, 0) is 30.3 Å². The smallest absolute Gasteiger partial charge is 0.250 e. The van der Waals surface area contributed by atoms with Gasteiger partial charge < -0.3 is 16.4 Å². The number of nitrogens with one attached hydrogen (secondary N) is 2. The number of halogens is 2. The zero-order valence-corrected chi connectivity index (χ0v) is 12.2. The Hall–Kier alpha value is -2.60. The molecule has 0 radical (unpaired) electrons. The van der Waals surface area contributed by atoms with Crippen molar-refractivity contribution in [1.82, 2.24) is 0 Å². The first-order valence-corrected chi connectivity index (χ1v) is 6.73. The average Bonchev–Trinajstić information content (AvgIpc) is 2.48. The van der Waals surface area contributed by atoms with Gasteiger partial charge in [-0.3, -0.25) is 9.59 Å².